The van der Waals surface area contributed by atoms with E-state index in [9.17, 15) is 9.59 Å². The molecule has 32 heavy (non-hydrogen) atoms. The molecule has 1 aliphatic heterocycles. The standard InChI is InChI=1S/C24H33NO5S2/c1-4-7-8-15-29-19-12-11-18(16-20(19)28-6-3)17-21-23(27)25(24(31)32-21)13-9-10-22(26)30-14-5-2/h11-12,16-17H,4-10,13-15H2,1-3H3/b21-17-. The molecule has 2 rings (SSSR count). The lowest BCUT2D eigenvalue weighted by Crippen LogP contribution is -2.29. The van der Waals surface area contributed by atoms with Crippen LogP contribution in [0.25, 0.3) is 6.08 Å². The van der Waals surface area contributed by atoms with Gasteiger partial charge in [0.25, 0.3) is 5.91 Å². The fraction of sp³-hybridized carbons (Fsp3) is 0.542. The molecule has 0 saturated carbocycles. The number of ether oxygens (including phenoxy) is 3. The molecule has 1 heterocycles. The predicted octanol–water partition coefficient (Wildman–Crippen LogP) is 5.59. The van der Waals surface area contributed by atoms with Gasteiger partial charge >= 0.3 is 5.97 Å². The highest BCUT2D eigenvalue weighted by Gasteiger charge is 2.31. The fourth-order valence-corrected chi connectivity index (χ4v) is 4.36. The molecule has 176 valence electrons. The van der Waals surface area contributed by atoms with Crippen LogP contribution in [-0.2, 0) is 14.3 Å². The number of rotatable bonds is 14. The molecule has 0 radical (unpaired) electrons. The molecule has 0 N–H and O–H groups in total. The number of benzene rings is 1. The Labute approximate surface area is 200 Å². The van der Waals surface area contributed by atoms with Crippen LogP contribution in [0.3, 0.4) is 0 Å². The second-order valence-corrected chi connectivity index (χ2v) is 9.03. The van der Waals surface area contributed by atoms with E-state index in [4.69, 9.17) is 26.4 Å². The second kappa shape index (κ2) is 14.2. The zero-order valence-electron chi connectivity index (χ0n) is 19.2. The topological polar surface area (TPSA) is 65.1 Å². The van der Waals surface area contributed by atoms with E-state index in [1.165, 1.54) is 11.8 Å². The molecule has 1 saturated heterocycles. The highest BCUT2D eigenvalue weighted by molar-refractivity contribution is 8.26. The zero-order chi connectivity index (χ0) is 23.3. The number of nitrogens with zero attached hydrogens (tertiary/aromatic N) is 1. The van der Waals surface area contributed by atoms with Gasteiger partial charge in [0.05, 0.1) is 24.7 Å². The van der Waals surface area contributed by atoms with Gasteiger partial charge in [-0.1, -0.05) is 56.7 Å². The van der Waals surface area contributed by atoms with E-state index >= 15 is 0 Å². The Balaban J connectivity index is 2.01. The van der Waals surface area contributed by atoms with E-state index in [1.807, 2.05) is 38.1 Å². The summed E-state index contributed by atoms with van der Waals surface area (Å²) in [6, 6.07) is 5.67. The zero-order valence-corrected chi connectivity index (χ0v) is 20.8. The van der Waals surface area contributed by atoms with E-state index in [-0.39, 0.29) is 18.3 Å². The van der Waals surface area contributed by atoms with E-state index in [0.29, 0.717) is 53.5 Å². The van der Waals surface area contributed by atoms with Gasteiger partial charge in [0.2, 0.25) is 0 Å². The van der Waals surface area contributed by atoms with Crippen molar-refractivity contribution in [1.29, 1.82) is 0 Å². The van der Waals surface area contributed by atoms with E-state index < -0.39 is 0 Å². The molecule has 0 spiro atoms. The van der Waals surface area contributed by atoms with Gasteiger partial charge in [-0.25, -0.2) is 0 Å². The average molecular weight is 480 g/mol. The normalized spacial score (nSPS) is 14.8. The van der Waals surface area contributed by atoms with Crippen LogP contribution in [0.4, 0.5) is 0 Å². The summed E-state index contributed by atoms with van der Waals surface area (Å²) in [5, 5.41) is 0. The summed E-state index contributed by atoms with van der Waals surface area (Å²) >= 11 is 6.66. The third kappa shape index (κ3) is 8.13. The summed E-state index contributed by atoms with van der Waals surface area (Å²) in [4.78, 5) is 26.6. The minimum Gasteiger partial charge on any atom is -0.490 e. The molecular weight excluding hydrogens is 446 g/mol. The monoisotopic (exact) mass is 479 g/mol. The Hall–Kier alpha value is -2.06. The SMILES string of the molecule is CCCCCOc1ccc(/C=C2\SC(=S)N(CCCC(=O)OCCC)C2=O)cc1OCC. The Morgan fingerprint density at radius 1 is 1.06 bits per heavy atom. The lowest BCUT2D eigenvalue weighted by molar-refractivity contribution is -0.144. The van der Waals surface area contributed by atoms with Gasteiger partial charge in [0.1, 0.15) is 4.32 Å². The van der Waals surface area contributed by atoms with Gasteiger partial charge in [0, 0.05) is 13.0 Å². The maximum Gasteiger partial charge on any atom is 0.305 e. The molecule has 0 bridgehead atoms. The lowest BCUT2D eigenvalue weighted by Gasteiger charge is -2.14. The largest absolute Gasteiger partial charge is 0.490 e. The number of carbonyl (C=O) groups is 2. The smallest absolute Gasteiger partial charge is 0.305 e. The van der Waals surface area contributed by atoms with Crippen LogP contribution in [0.15, 0.2) is 23.1 Å². The Morgan fingerprint density at radius 2 is 1.88 bits per heavy atom. The average Bonchev–Trinajstić information content (AvgIpc) is 3.04. The summed E-state index contributed by atoms with van der Waals surface area (Å²) in [5.74, 6) is 0.995. The number of carbonyl (C=O) groups excluding carboxylic acids is 2. The molecule has 0 atom stereocenters. The minimum absolute atomic E-state index is 0.139. The first-order chi connectivity index (χ1) is 15.5. The molecule has 0 aliphatic carbocycles. The first kappa shape index (κ1) is 26.2. The molecule has 1 aromatic carbocycles. The molecule has 1 aliphatic rings. The molecule has 6 nitrogen and oxygen atoms in total. The second-order valence-electron chi connectivity index (χ2n) is 7.35. The van der Waals surface area contributed by atoms with Crippen LogP contribution in [0, 0.1) is 0 Å². The third-order valence-electron chi connectivity index (χ3n) is 4.67. The number of hydrogen-bond acceptors (Lipinski definition) is 7. The Bertz CT molecular complexity index is 825. The van der Waals surface area contributed by atoms with E-state index in [1.54, 1.807) is 4.90 Å². The fourth-order valence-electron chi connectivity index (χ4n) is 3.05. The minimum atomic E-state index is -0.242. The van der Waals surface area contributed by atoms with Gasteiger partial charge in [-0.15, -0.1) is 0 Å². The Kier molecular flexibility index (Phi) is 11.6. The third-order valence-corrected chi connectivity index (χ3v) is 6.05. The van der Waals surface area contributed by atoms with Crippen molar-refractivity contribution in [2.24, 2.45) is 0 Å². The Morgan fingerprint density at radius 3 is 2.59 bits per heavy atom. The van der Waals surface area contributed by atoms with Crippen LogP contribution in [0.5, 0.6) is 11.5 Å². The van der Waals surface area contributed by atoms with Crippen molar-refractivity contribution >= 4 is 46.3 Å². The number of thiocarbonyl (C=S) groups is 1. The number of esters is 1. The van der Waals surface area contributed by atoms with Gasteiger partial charge in [-0.2, -0.15) is 0 Å². The molecule has 1 fully saturated rings. The number of unbranched alkanes of at least 4 members (excludes halogenated alkanes) is 2. The van der Waals surface area contributed by atoms with Gasteiger partial charge < -0.3 is 14.2 Å². The summed E-state index contributed by atoms with van der Waals surface area (Å²) in [7, 11) is 0. The maximum atomic E-state index is 12.8. The highest BCUT2D eigenvalue weighted by Crippen LogP contribution is 2.35. The maximum absolute atomic E-state index is 12.8. The van der Waals surface area contributed by atoms with E-state index in [0.717, 1.165) is 31.2 Å². The van der Waals surface area contributed by atoms with E-state index in [2.05, 4.69) is 6.92 Å². The highest BCUT2D eigenvalue weighted by atomic mass is 32.2. The number of hydrogen-bond donors (Lipinski definition) is 0. The molecular formula is C24H33NO5S2. The summed E-state index contributed by atoms with van der Waals surface area (Å²) in [6.07, 6.45) is 6.67. The lowest BCUT2D eigenvalue weighted by atomic mass is 10.1. The first-order valence-electron chi connectivity index (χ1n) is 11.3. The molecule has 0 unspecified atom stereocenters. The van der Waals surface area contributed by atoms with Crippen molar-refractivity contribution in [3.8, 4) is 11.5 Å². The van der Waals surface area contributed by atoms with Crippen molar-refractivity contribution in [2.45, 2.75) is 59.3 Å². The molecule has 1 amide bonds. The number of amides is 1. The summed E-state index contributed by atoms with van der Waals surface area (Å²) < 4.78 is 17.2. The van der Waals surface area contributed by atoms with Crippen LogP contribution in [-0.4, -0.2) is 47.5 Å². The molecule has 1 aromatic rings. The van der Waals surface area contributed by atoms with Gasteiger partial charge in [0.15, 0.2) is 11.5 Å². The predicted molar refractivity (Wildman–Crippen MR) is 133 cm³/mol. The molecule has 8 heteroatoms. The molecule has 0 aromatic heterocycles. The van der Waals surface area contributed by atoms with Crippen molar-refractivity contribution in [2.75, 3.05) is 26.4 Å². The first-order valence-corrected chi connectivity index (χ1v) is 12.5. The summed E-state index contributed by atoms with van der Waals surface area (Å²) in [6.45, 7) is 8.04. The quantitative estimate of drug-likeness (QED) is 0.149. The van der Waals surface area contributed by atoms with Crippen molar-refractivity contribution < 1.29 is 23.8 Å². The van der Waals surface area contributed by atoms with Crippen LogP contribution in [0.2, 0.25) is 0 Å². The number of thioether (sulfide) groups is 1. The van der Waals surface area contributed by atoms with Crippen molar-refractivity contribution in [1.82, 2.24) is 4.90 Å². The summed E-state index contributed by atoms with van der Waals surface area (Å²) in [5.41, 5.74) is 0.845. The van der Waals surface area contributed by atoms with Crippen LogP contribution in [0.1, 0.15) is 64.9 Å². The van der Waals surface area contributed by atoms with Crippen molar-refractivity contribution in [3.63, 3.8) is 0 Å². The van der Waals surface area contributed by atoms with Crippen LogP contribution < -0.4 is 9.47 Å². The van der Waals surface area contributed by atoms with Gasteiger partial charge in [-0.05, 0) is 50.0 Å². The van der Waals surface area contributed by atoms with Crippen LogP contribution >= 0.6 is 24.0 Å². The van der Waals surface area contributed by atoms with Gasteiger partial charge in [-0.3, -0.25) is 14.5 Å². The van der Waals surface area contributed by atoms with Crippen molar-refractivity contribution in [3.05, 3.63) is 28.7 Å².